The fourth-order valence-corrected chi connectivity index (χ4v) is 2.30. The molecule has 2 aromatic heterocycles. The fraction of sp³-hybridized carbons (Fsp3) is 0.176. The summed E-state index contributed by atoms with van der Waals surface area (Å²) >= 11 is 0. The van der Waals surface area contributed by atoms with Crippen LogP contribution in [0.4, 0.5) is 5.69 Å². The molecule has 0 bridgehead atoms. The third kappa shape index (κ3) is 3.42. The van der Waals surface area contributed by atoms with E-state index in [1.54, 1.807) is 12.1 Å². The van der Waals surface area contributed by atoms with E-state index in [0.717, 1.165) is 5.82 Å². The Morgan fingerprint density at radius 3 is 2.64 bits per heavy atom. The molecule has 2 amide bonds. The molecule has 0 fully saturated rings. The third-order valence-electron chi connectivity index (χ3n) is 3.68. The number of benzene rings is 1. The number of anilines is 1. The van der Waals surface area contributed by atoms with Gasteiger partial charge in [0.25, 0.3) is 5.91 Å². The Morgan fingerprint density at radius 1 is 1.24 bits per heavy atom. The number of nitrogens with one attached hydrogen (secondary N) is 3. The normalized spacial score (nSPS) is 10.8. The largest absolute Gasteiger partial charge is 0.366 e. The van der Waals surface area contributed by atoms with Crippen LogP contribution in [0.1, 0.15) is 46.4 Å². The highest BCUT2D eigenvalue weighted by molar-refractivity contribution is 6.06. The van der Waals surface area contributed by atoms with Crippen molar-refractivity contribution in [2.75, 3.05) is 5.32 Å². The zero-order valence-electron chi connectivity index (χ0n) is 13.8. The molecular weight excluding hydrogens is 320 g/mol. The lowest BCUT2D eigenvalue weighted by molar-refractivity contribution is 0.0999. The van der Waals surface area contributed by atoms with Gasteiger partial charge in [0.15, 0.2) is 5.82 Å². The van der Waals surface area contributed by atoms with Crippen LogP contribution in [0.3, 0.4) is 0 Å². The van der Waals surface area contributed by atoms with Crippen molar-refractivity contribution in [2.45, 2.75) is 19.8 Å². The van der Waals surface area contributed by atoms with Gasteiger partial charge in [-0.05, 0) is 18.2 Å². The SMILES string of the molecule is CC(C)c1nc(-c2ccccc2NC(=O)c2cc(C(N)=O)c[nH]2)n[nH]1. The Kier molecular flexibility index (Phi) is 4.34. The molecule has 0 aliphatic heterocycles. The average molecular weight is 338 g/mol. The van der Waals surface area contributed by atoms with Gasteiger partial charge in [-0.1, -0.05) is 26.0 Å². The summed E-state index contributed by atoms with van der Waals surface area (Å²) in [5.74, 6) is 0.502. The molecule has 2 heterocycles. The molecule has 3 aromatic rings. The summed E-state index contributed by atoms with van der Waals surface area (Å²) < 4.78 is 0. The number of rotatable bonds is 5. The molecule has 8 heteroatoms. The topological polar surface area (TPSA) is 130 Å². The minimum absolute atomic E-state index is 0.217. The molecule has 0 unspecified atom stereocenters. The number of hydrogen-bond donors (Lipinski definition) is 4. The summed E-state index contributed by atoms with van der Waals surface area (Å²) in [5, 5.41) is 9.92. The minimum Gasteiger partial charge on any atom is -0.366 e. The first kappa shape index (κ1) is 16.4. The molecule has 0 aliphatic carbocycles. The zero-order chi connectivity index (χ0) is 18.0. The van der Waals surface area contributed by atoms with E-state index in [9.17, 15) is 9.59 Å². The first-order chi connectivity index (χ1) is 12.0. The molecule has 0 spiro atoms. The van der Waals surface area contributed by atoms with Crippen LogP contribution in [0.2, 0.25) is 0 Å². The summed E-state index contributed by atoms with van der Waals surface area (Å²) in [4.78, 5) is 30.7. The Hall–Kier alpha value is -3.42. The standard InChI is InChI=1S/C17H18N6O2/c1-9(2)15-21-16(23-22-15)11-5-3-4-6-12(11)20-17(25)13-7-10(8-19-13)14(18)24/h3-9,19H,1-2H3,(H2,18,24)(H,20,25)(H,21,22,23). The quantitative estimate of drug-likeness (QED) is 0.568. The fourth-order valence-electron chi connectivity index (χ4n) is 2.30. The van der Waals surface area contributed by atoms with Crippen molar-refractivity contribution in [3.63, 3.8) is 0 Å². The van der Waals surface area contributed by atoms with E-state index in [4.69, 9.17) is 5.73 Å². The van der Waals surface area contributed by atoms with Gasteiger partial charge in [-0.2, -0.15) is 5.10 Å². The first-order valence-corrected chi connectivity index (χ1v) is 7.77. The highest BCUT2D eigenvalue weighted by Gasteiger charge is 2.16. The summed E-state index contributed by atoms with van der Waals surface area (Å²) in [6, 6.07) is 8.64. The van der Waals surface area contributed by atoms with Crippen molar-refractivity contribution < 1.29 is 9.59 Å². The predicted molar refractivity (Wildman–Crippen MR) is 93.2 cm³/mol. The van der Waals surface area contributed by atoms with Gasteiger partial charge in [0.2, 0.25) is 5.91 Å². The van der Waals surface area contributed by atoms with Gasteiger partial charge in [0, 0.05) is 17.7 Å². The van der Waals surface area contributed by atoms with Crippen LogP contribution in [0, 0.1) is 0 Å². The number of carbonyl (C=O) groups excluding carboxylic acids is 2. The lowest BCUT2D eigenvalue weighted by atomic mass is 10.1. The molecule has 8 nitrogen and oxygen atoms in total. The van der Waals surface area contributed by atoms with E-state index in [2.05, 4.69) is 25.5 Å². The molecule has 5 N–H and O–H groups in total. The molecule has 3 rings (SSSR count). The molecule has 128 valence electrons. The van der Waals surface area contributed by atoms with Crippen LogP contribution in [0.25, 0.3) is 11.4 Å². The predicted octanol–water partition coefficient (Wildman–Crippen LogP) is 2.27. The lowest BCUT2D eigenvalue weighted by Crippen LogP contribution is -2.13. The molecule has 1 aromatic carbocycles. The zero-order valence-corrected chi connectivity index (χ0v) is 13.8. The van der Waals surface area contributed by atoms with Gasteiger partial charge in [-0.25, -0.2) is 4.98 Å². The Morgan fingerprint density at radius 2 is 2.00 bits per heavy atom. The number of carbonyl (C=O) groups is 2. The molecule has 0 atom stereocenters. The number of primary amides is 1. The van der Waals surface area contributed by atoms with E-state index < -0.39 is 5.91 Å². The summed E-state index contributed by atoms with van der Waals surface area (Å²) in [5.41, 5.74) is 6.94. The summed E-state index contributed by atoms with van der Waals surface area (Å²) in [7, 11) is 0. The number of nitrogens with zero attached hydrogens (tertiary/aromatic N) is 2. The minimum atomic E-state index is -0.599. The van der Waals surface area contributed by atoms with Crippen molar-refractivity contribution in [2.24, 2.45) is 5.73 Å². The Labute approximate surface area is 143 Å². The highest BCUT2D eigenvalue weighted by Crippen LogP contribution is 2.26. The van der Waals surface area contributed by atoms with Gasteiger partial charge < -0.3 is 16.0 Å². The molecular formula is C17H18N6O2. The van der Waals surface area contributed by atoms with Crippen LogP contribution in [0.5, 0.6) is 0 Å². The molecule has 25 heavy (non-hydrogen) atoms. The second-order valence-electron chi connectivity index (χ2n) is 5.86. The number of aromatic nitrogens is 4. The maximum atomic E-state index is 12.4. The number of aromatic amines is 2. The highest BCUT2D eigenvalue weighted by atomic mass is 16.2. The van der Waals surface area contributed by atoms with Gasteiger partial charge >= 0.3 is 0 Å². The van der Waals surface area contributed by atoms with Crippen LogP contribution < -0.4 is 11.1 Å². The number of H-pyrrole nitrogens is 2. The average Bonchev–Trinajstić information content (AvgIpc) is 3.25. The molecule has 0 saturated heterocycles. The van der Waals surface area contributed by atoms with Crippen LogP contribution in [-0.2, 0) is 0 Å². The molecule has 0 aliphatic rings. The van der Waals surface area contributed by atoms with Gasteiger partial charge in [0.05, 0.1) is 11.3 Å². The van der Waals surface area contributed by atoms with Crippen LogP contribution >= 0.6 is 0 Å². The number of para-hydroxylation sites is 1. The second-order valence-corrected chi connectivity index (χ2v) is 5.86. The summed E-state index contributed by atoms with van der Waals surface area (Å²) in [6.45, 7) is 4.03. The van der Waals surface area contributed by atoms with E-state index in [1.165, 1.54) is 12.3 Å². The maximum Gasteiger partial charge on any atom is 0.272 e. The summed E-state index contributed by atoms with van der Waals surface area (Å²) in [6.07, 6.45) is 1.40. The van der Waals surface area contributed by atoms with Crippen molar-refractivity contribution in [1.82, 2.24) is 20.2 Å². The maximum absolute atomic E-state index is 12.4. The van der Waals surface area contributed by atoms with Crippen LogP contribution in [0.15, 0.2) is 36.5 Å². The van der Waals surface area contributed by atoms with E-state index >= 15 is 0 Å². The Bertz CT molecular complexity index is 925. The Balaban J connectivity index is 1.87. The van der Waals surface area contributed by atoms with Crippen molar-refractivity contribution in [3.8, 4) is 11.4 Å². The monoisotopic (exact) mass is 338 g/mol. The van der Waals surface area contributed by atoms with Crippen molar-refractivity contribution in [3.05, 3.63) is 53.6 Å². The number of amides is 2. The third-order valence-corrected chi connectivity index (χ3v) is 3.68. The van der Waals surface area contributed by atoms with Crippen molar-refractivity contribution in [1.29, 1.82) is 0 Å². The van der Waals surface area contributed by atoms with Gasteiger partial charge in [-0.3, -0.25) is 14.7 Å². The van der Waals surface area contributed by atoms with Gasteiger partial charge in [0.1, 0.15) is 11.5 Å². The molecule has 0 saturated carbocycles. The van der Waals surface area contributed by atoms with Crippen molar-refractivity contribution >= 4 is 17.5 Å². The molecule has 0 radical (unpaired) electrons. The van der Waals surface area contributed by atoms with E-state index in [0.29, 0.717) is 17.1 Å². The number of hydrogen-bond acceptors (Lipinski definition) is 4. The lowest BCUT2D eigenvalue weighted by Gasteiger charge is -2.08. The smallest absolute Gasteiger partial charge is 0.272 e. The second kappa shape index (κ2) is 6.60. The van der Waals surface area contributed by atoms with Crippen LogP contribution in [-0.4, -0.2) is 32.0 Å². The first-order valence-electron chi connectivity index (χ1n) is 7.77. The number of nitrogens with two attached hydrogens (primary N) is 1. The van der Waals surface area contributed by atoms with E-state index in [1.807, 2.05) is 26.0 Å². The van der Waals surface area contributed by atoms with E-state index in [-0.39, 0.29) is 23.1 Å². The van der Waals surface area contributed by atoms with Gasteiger partial charge in [-0.15, -0.1) is 0 Å².